The summed E-state index contributed by atoms with van der Waals surface area (Å²) in [7, 11) is 0. The SMILES string of the molecule is [C-]#[N+]Cc1c(C(=O)O)nn(-c2ccccc2F)c1-c1ccc(Cl)cc1. The van der Waals surface area contributed by atoms with Gasteiger partial charge in [0, 0.05) is 10.6 Å². The van der Waals surface area contributed by atoms with Gasteiger partial charge in [0.25, 0.3) is 0 Å². The van der Waals surface area contributed by atoms with Gasteiger partial charge in [0.1, 0.15) is 11.5 Å². The number of carbonyl (C=O) groups is 1. The second-order valence-electron chi connectivity index (χ2n) is 5.17. The van der Waals surface area contributed by atoms with Crippen LogP contribution in [-0.2, 0) is 6.54 Å². The third kappa shape index (κ3) is 3.10. The summed E-state index contributed by atoms with van der Waals surface area (Å²) in [5.74, 6) is -1.82. The molecule has 0 amide bonds. The van der Waals surface area contributed by atoms with E-state index >= 15 is 0 Å². The minimum absolute atomic E-state index is 0.103. The number of hydrogen-bond acceptors (Lipinski definition) is 2. The molecule has 1 N–H and O–H groups in total. The van der Waals surface area contributed by atoms with Gasteiger partial charge < -0.3 is 9.95 Å². The normalized spacial score (nSPS) is 10.4. The maximum atomic E-state index is 14.3. The summed E-state index contributed by atoms with van der Waals surface area (Å²) in [6.07, 6.45) is 0. The van der Waals surface area contributed by atoms with E-state index in [4.69, 9.17) is 18.2 Å². The molecule has 0 fully saturated rings. The van der Waals surface area contributed by atoms with Crippen LogP contribution in [0.1, 0.15) is 16.1 Å². The van der Waals surface area contributed by atoms with Crippen LogP contribution < -0.4 is 0 Å². The maximum absolute atomic E-state index is 14.3. The Morgan fingerprint density at radius 2 is 1.92 bits per heavy atom. The first-order chi connectivity index (χ1) is 12.0. The zero-order valence-corrected chi connectivity index (χ0v) is 13.5. The Kier molecular flexibility index (Phi) is 4.50. The fourth-order valence-electron chi connectivity index (χ4n) is 2.55. The monoisotopic (exact) mass is 355 g/mol. The highest BCUT2D eigenvalue weighted by atomic mass is 35.5. The van der Waals surface area contributed by atoms with Gasteiger partial charge in [-0.15, -0.1) is 0 Å². The van der Waals surface area contributed by atoms with E-state index in [1.54, 1.807) is 30.3 Å². The van der Waals surface area contributed by atoms with Gasteiger partial charge in [-0.1, -0.05) is 35.9 Å². The van der Waals surface area contributed by atoms with E-state index in [1.807, 2.05) is 0 Å². The Morgan fingerprint density at radius 1 is 1.24 bits per heavy atom. The molecule has 0 spiro atoms. The van der Waals surface area contributed by atoms with Gasteiger partial charge >= 0.3 is 5.97 Å². The van der Waals surface area contributed by atoms with Crippen molar-refractivity contribution in [1.29, 1.82) is 0 Å². The first-order valence-electron chi connectivity index (χ1n) is 7.22. The molecule has 0 radical (unpaired) electrons. The number of carboxylic acids is 1. The lowest BCUT2D eigenvalue weighted by molar-refractivity contribution is 0.0689. The molecular weight excluding hydrogens is 345 g/mol. The summed E-state index contributed by atoms with van der Waals surface area (Å²) in [4.78, 5) is 14.9. The number of benzene rings is 2. The van der Waals surface area contributed by atoms with Crippen molar-refractivity contribution in [2.75, 3.05) is 0 Å². The molecule has 0 aliphatic rings. The van der Waals surface area contributed by atoms with E-state index in [0.717, 1.165) is 0 Å². The van der Waals surface area contributed by atoms with E-state index in [0.29, 0.717) is 16.3 Å². The van der Waals surface area contributed by atoms with Crippen molar-refractivity contribution in [3.8, 4) is 16.9 Å². The highest BCUT2D eigenvalue weighted by Gasteiger charge is 2.27. The Labute approximate surface area is 147 Å². The third-order valence-electron chi connectivity index (χ3n) is 3.62. The summed E-state index contributed by atoms with van der Waals surface area (Å²) in [5, 5.41) is 14.0. The molecule has 1 aromatic heterocycles. The summed E-state index contributed by atoms with van der Waals surface area (Å²) in [6.45, 7) is 6.94. The van der Waals surface area contributed by atoms with Crippen LogP contribution in [0.25, 0.3) is 21.8 Å². The molecule has 25 heavy (non-hydrogen) atoms. The van der Waals surface area contributed by atoms with Crippen LogP contribution in [0, 0.1) is 12.4 Å². The van der Waals surface area contributed by atoms with Crippen LogP contribution in [-0.4, -0.2) is 20.9 Å². The summed E-state index contributed by atoms with van der Waals surface area (Å²) in [5.41, 5.74) is 1.00. The van der Waals surface area contributed by atoms with Gasteiger partial charge in [0.15, 0.2) is 5.69 Å². The van der Waals surface area contributed by atoms with E-state index in [-0.39, 0.29) is 23.5 Å². The molecular formula is C18H11ClFN3O2. The van der Waals surface area contributed by atoms with Crippen molar-refractivity contribution in [1.82, 2.24) is 9.78 Å². The van der Waals surface area contributed by atoms with Crippen molar-refractivity contribution in [3.63, 3.8) is 0 Å². The van der Waals surface area contributed by atoms with Crippen molar-refractivity contribution < 1.29 is 14.3 Å². The molecule has 3 aromatic rings. The van der Waals surface area contributed by atoms with Gasteiger partial charge in [0.2, 0.25) is 6.54 Å². The molecule has 1 heterocycles. The fraction of sp³-hybridized carbons (Fsp3) is 0.0556. The number of halogens is 2. The molecule has 124 valence electrons. The topological polar surface area (TPSA) is 59.5 Å². The second kappa shape index (κ2) is 6.75. The molecule has 0 atom stereocenters. The summed E-state index contributed by atoms with van der Waals surface area (Å²) >= 11 is 5.91. The zero-order valence-electron chi connectivity index (χ0n) is 12.8. The fourth-order valence-corrected chi connectivity index (χ4v) is 2.68. The van der Waals surface area contributed by atoms with Gasteiger partial charge in [-0.25, -0.2) is 20.4 Å². The number of nitrogens with zero attached hydrogens (tertiary/aromatic N) is 3. The quantitative estimate of drug-likeness (QED) is 0.703. The van der Waals surface area contributed by atoms with Crippen molar-refractivity contribution in [3.05, 3.63) is 82.0 Å². The third-order valence-corrected chi connectivity index (χ3v) is 3.87. The lowest BCUT2D eigenvalue weighted by atomic mass is 10.1. The predicted octanol–water partition coefficient (Wildman–Crippen LogP) is 4.45. The lowest BCUT2D eigenvalue weighted by Crippen LogP contribution is -2.04. The van der Waals surface area contributed by atoms with Crippen LogP contribution in [0.5, 0.6) is 0 Å². The van der Waals surface area contributed by atoms with Crippen molar-refractivity contribution in [2.45, 2.75) is 6.54 Å². The van der Waals surface area contributed by atoms with Crippen LogP contribution in [0.2, 0.25) is 5.02 Å². The van der Waals surface area contributed by atoms with E-state index < -0.39 is 11.8 Å². The number of aromatic nitrogens is 2. The van der Waals surface area contributed by atoms with Crippen molar-refractivity contribution in [2.24, 2.45) is 0 Å². The highest BCUT2D eigenvalue weighted by molar-refractivity contribution is 6.30. The Bertz CT molecular complexity index is 991. The molecule has 7 heteroatoms. The molecule has 0 aliphatic carbocycles. The van der Waals surface area contributed by atoms with Gasteiger partial charge in [0.05, 0.1) is 11.3 Å². The second-order valence-corrected chi connectivity index (χ2v) is 5.60. The number of hydrogen-bond donors (Lipinski definition) is 1. The highest BCUT2D eigenvalue weighted by Crippen LogP contribution is 2.31. The largest absolute Gasteiger partial charge is 0.476 e. The molecule has 5 nitrogen and oxygen atoms in total. The Hall–Kier alpha value is -3.17. The molecule has 0 aliphatic heterocycles. The van der Waals surface area contributed by atoms with Crippen LogP contribution in [0.4, 0.5) is 4.39 Å². The minimum Gasteiger partial charge on any atom is -0.476 e. The number of para-hydroxylation sites is 1. The van der Waals surface area contributed by atoms with Gasteiger partial charge in [-0.3, -0.25) is 0 Å². The Morgan fingerprint density at radius 3 is 2.52 bits per heavy atom. The first-order valence-corrected chi connectivity index (χ1v) is 7.60. The number of aromatic carboxylic acids is 1. The molecule has 2 aromatic carbocycles. The first kappa shape index (κ1) is 16.7. The molecule has 0 saturated heterocycles. The average molecular weight is 356 g/mol. The predicted molar refractivity (Wildman–Crippen MR) is 91.2 cm³/mol. The maximum Gasteiger partial charge on any atom is 0.357 e. The summed E-state index contributed by atoms with van der Waals surface area (Å²) < 4.78 is 15.5. The Balaban J connectivity index is 2.36. The minimum atomic E-state index is -1.27. The molecule has 3 rings (SSSR count). The number of carboxylic acid groups (broad SMARTS) is 1. The van der Waals surface area contributed by atoms with E-state index in [9.17, 15) is 14.3 Å². The summed E-state index contributed by atoms with van der Waals surface area (Å²) in [6, 6.07) is 12.5. The van der Waals surface area contributed by atoms with Crippen LogP contribution >= 0.6 is 11.6 Å². The van der Waals surface area contributed by atoms with Crippen molar-refractivity contribution >= 4 is 17.6 Å². The van der Waals surface area contributed by atoms with E-state index in [2.05, 4.69) is 9.94 Å². The molecule has 0 saturated carbocycles. The van der Waals surface area contributed by atoms with Gasteiger partial charge in [-0.2, -0.15) is 5.10 Å². The zero-order chi connectivity index (χ0) is 18.0. The molecule has 0 unspecified atom stereocenters. The lowest BCUT2D eigenvalue weighted by Gasteiger charge is -2.09. The van der Waals surface area contributed by atoms with Crippen LogP contribution in [0.15, 0.2) is 48.5 Å². The average Bonchev–Trinajstić information content (AvgIpc) is 2.96. The van der Waals surface area contributed by atoms with Gasteiger partial charge in [-0.05, 0) is 24.3 Å². The standard InChI is InChI=1S/C18H11ClFN3O2/c1-21-10-13-16(18(24)25)22-23(15-5-3-2-4-14(15)20)17(13)11-6-8-12(19)9-7-11/h2-9H,10H2,(H,24,25). The van der Waals surface area contributed by atoms with Crippen LogP contribution in [0.3, 0.4) is 0 Å². The number of rotatable bonds is 4. The molecule has 0 bridgehead atoms. The van der Waals surface area contributed by atoms with E-state index in [1.165, 1.54) is 22.9 Å². The smallest absolute Gasteiger partial charge is 0.357 e.